The average Bonchev–Trinajstić information content (AvgIpc) is 2.68. The van der Waals surface area contributed by atoms with Gasteiger partial charge in [0.2, 0.25) is 0 Å². The van der Waals surface area contributed by atoms with E-state index in [0.717, 1.165) is 6.07 Å². The van der Waals surface area contributed by atoms with Crippen LogP contribution < -0.4 is 11.5 Å². The topological polar surface area (TPSA) is 131 Å². The number of halogens is 3. The van der Waals surface area contributed by atoms with Crippen LogP contribution in [-0.4, -0.2) is 35.4 Å². The van der Waals surface area contributed by atoms with Crippen molar-refractivity contribution in [3.63, 3.8) is 0 Å². The maximum atomic E-state index is 15.0. The molecule has 0 fully saturated rings. The summed E-state index contributed by atoms with van der Waals surface area (Å²) >= 11 is 6.40. The van der Waals surface area contributed by atoms with Gasteiger partial charge in [-0.3, -0.25) is 14.1 Å². The summed E-state index contributed by atoms with van der Waals surface area (Å²) in [5.74, 6) is -2.55. The third-order valence-corrected chi connectivity index (χ3v) is 8.98. The molecule has 0 bridgehead atoms. The van der Waals surface area contributed by atoms with Crippen LogP contribution in [0.1, 0.15) is 26.3 Å². The third-order valence-electron chi connectivity index (χ3n) is 5.88. The highest BCUT2D eigenvalue weighted by Crippen LogP contribution is 2.59. The molecule has 4 rings (SSSR count). The first-order valence-electron chi connectivity index (χ1n) is 9.59. The van der Waals surface area contributed by atoms with E-state index >= 15 is 0 Å². The molecule has 3 aromatic rings. The van der Waals surface area contributed by atoms with Crippen molar-refractivity contribution >= 4 is 44.7 Å². The summed E-state index contributed by atoms with van der Waals surface area (Å²) in [7, 11) is -3.33. The number of nitrogens with two attached hydrogens (primary N) is 2. The number of nitrogen functional groups attached to an aromatic ring is 1. The lowest BCUT2D eigenvalue weighted by Gasteiger charge is -2.53. The van der Waals surface area contributed by atoms with Crippen molar-refractivity contribution in [1.29, 1.82) is 0 Å². The Kier molecular flexibility index (Phi) is 5.13. The Morgan fingerprint density at radius 1 is 1.12 bits per heavy atom. The minimum Gasteiger partial charge on any atom is -0.386 e. The van der Waals surface area contributed by atoms with E-state index in [1.165, 1.54) is 19.2 Å². The van der Waals surface area contributed by atoms with E-state index in [1.807, 2.05) is 0 Å². The van der Waals surface area contributed by atoms with Crippen molar-refractivity contribution in [3.05, 3.63) is 52.7 Å². The summed E-state index contributed by atoms with van der Waals surface area (Å²) in [5, 5.41) is 0.837. The maximum Gasteiger partial charge on any atom is 0.164 e. The summed E-state index contributed by atoms with van der Waals surface area (Å²) in [6.45, 7) is 4.57. The van der Waals surface area contributed by atoms with Crippen LogP contribution in [0.5, 0.6) is 0 Å². The van der Waals surface area contributed by atoms with Gasteiger partial charge in [-0.2, -0.15) is 10.6 Å². The molecule has 3 heterocycles. The number of rotatable bonds is 2. The minimum atomic E-state index is -3.33. The number of hydrogen-bond acceptors (Lipinski definition) is 7. The van der Waals surface area contributed by atoms with E-state index in [2.05, 4.69) is 15.0 Å². The van der Waals surface area contributed by atoms with E-state index in [4.69, 9.17) is 23.1 Å². The van der Waals surface area contributed by atoms with Crippen LogP contribution in [0.3, 0.4) is 0 Å². The lowest BCUT2D eigenvalue weighted by atomic mass is 9.90. The van der Waals surface area contributed by atoms with Crippen LogP contribution in [0.2, 0.25) is 5.02 Å². The van der Waals surface area contributed by atoms with Gasteiger partial charge in [0.1, 0.15) is 27.5 Å². The first-order valence-corrected chi connectivity index (χ1v) is 11.7. The summed E-state index contributed by atoms with van der Waals surface area (Å²) < 4.78 is 50.0. The molecule has 6 N–H and O–H groups in total. The fourth-order valence-corrected chi connectivity index (χ4v) is 5.74. The zero-order valence-electron chi connectivity index (χ0n) is 17.5. The van der Waals surface area contributed by atoms with E-state index in [-0.39, 0.29) is 39.2 Å². The van der Waals surface area contributed by atoms with Crippen molar-refractivity contribution in [3.8, 4) is 11.3 Å². The van der Waals surface area contributed by atoms with Crippen molar-refractivity contribution in [2.45, 2.75) is 31.1 Å². The smallest absolute Gasteiger partial charge is 0.164 e. The maximum absolute atomic E-state index is 15.0. The van der Waals surface area contributed by atoms with Gasteiger partial charge in [0.25, 0.3) is 0 Å². The number of hydrogen-bond donors (Lipinski definition) is 4. The zero-order chi connectivity index (χ0) is 23.6. The third kappa shape index (κ3) is 3.38. The second-order valence-corrected chi connectivity index (χ2v) is 11.5. The number of pyridine rings is 2. The number of anilines is 1. The monoisotopic (exact) mass is 481 g/mol. The second kappa shape index (κ2) is 7.24. The van der Waals surface area contributed by atoms with Gasteiger partial charge in [0.05, 0.1) is 16.5 Å². The summed E-state index contributed by atoms with van der Waals surface area (Å²) in [5.41, 5.74) is 10.9. The predicted molar refractivity (Wildman–Crippen MR) is 125 cm³/mol. The minimum absolute atomic E-state index is 0.0582. The van der Waals surface area contributed by atoms with E-state index in [9.17, 15) is 17.9 Å². The van der Waals surface area contributed by atoms with Gasteiger partial charge in [-0.25, -0.2) is 18.7 Å². The quantitative estimate of drug-likeness (QED) is 0.410. The molecule has 170 valence electrons. The van der Waals surface area contributed by atoms with Crippen LogP contribution in [0, 0.1) is 11.6 Å². The van der Waals surface area contributed by atoms with Crippen molar-refractivity contribution in [2.75, 3.05) is 11.5 Å². The summed E-state index contributed by atoms with van der Waals surface area (Å²) in [4.78, 5) is 12.8. The summed E-state index contributed by atoms with van der Waals surface area (Å²) in [6.07, 6.45) is 1.51. The number of nitrogens with zero attached hydrogens (tertiary/aromatic N) is 3. The van der Waals surface area contributed by atoms with Gasteiger partial charge in [0, 0.05) is 22.7 Å². The molecular weight excluding hydrogens is 460 g/mol. The Morgan fingerprint density at radius 2 is 1.81 bits per heavy atom. The number of aromatic nitrogens is 2. The molecule has 7 nitrogen and oxygen atoms in total. The molecular formula is C21H22ClF2N5O2S. The first-order chi connectivity index (χ1) is 14.8. The molecule has 1 atom stereocenters. The molecule has 0 radical (unpaired) electrons. The lowest BCUT2D eigenvalue weighted by Crippen LogP contribution is -2.52. The Balaban J connectivity index is 1.95. The van der Waals surface area contributed by atoms with Crippen molar-refractivity contribution in [2.24, 2.45) is 10.7 Å². The van der Waals surface area contributed by atoms with E-state index in [0.29, 0.717) is 10.9 Å². The molecule has 0 saturated heterocycles. The molecule has 2 aromatic heterocycles. The lowest BCUT2D eigenvalue weighted by molar-refractivity contribution is 0.409. The van der Waals surface area contributed by atoms with Gasteiger partial charge in [-0.1, -0.05) is 11.6 Å². The van der Waals surface area contributed by atoms with Gasteiger partial charge in [-0.05, 0) is 45.0 Å². The largest absolute Gasteiger partial charge is 0.386 e. The molecule has 0 spiro atoms. The molecule has 0 amide bonds. The van der Waals surface area contributed by atoms with Crippen molar-refractivity contribution in [1.82, 2.24) is 9.97 Å². The highest BCUT2D eigenvalue weighted by atomic mass is 35.5. The standard InChI is InChI=1S/C21H22ClF2N5O2S/c1-20(2)19(26)29-21(3,9-32(20,30)31)12-6-11(8-14(23)15(12)24)16-13(22)7-10-4-5-27-18(25)17(10)28-16/h4-8,30-31H,9H2,1-3H3,(H2,25,27)(H2,26,29)/t21-/m1/s1. The molecule has 0 saturated carbocycles. The number of amidine groups is 1. The van der Waals surface area contributed by atoms with Crippen LogP contribution in [0.15, 0.2) is 35.5 Å². The fraction of sp³-hybridized carbons (Fsp3) is 0.286. The SMILES string of the molecule is CC1(C)C(N)=N[C@@](C)(c2cc(-c3nc4c(N)nccc4cc3Cl)cc(F)c2F)CS1(O)O. The number of fused-ring (bicyclic) bond motifs is 1. The van der Waals surface area contributed by atoms with E-state index < -0.39 is 32.5 Å². The Labute approximate surface area is 189 Å². The normalized spacial score (nSPS) is 23.1. The highest BCUT2D eigenvalue weighted by Gasteiger charge is 2.49. The predicted octanol–water partition coefficient (Wildman–Crippen LogP) is 4.93. The zero-order valence-corrected chi connectivity index (χ0v) is 19.1. The molecule has 0 unspecified atom stereocenters. The van der Waals surface area contributed by atoms with E-state index in [1.54, 1.807) is 26.0 Å². The van der Waals surface area contributed by atoms with Gasteiger partial charge in [0.15, 0.2) is 11.6 Å². The van der Waals surface area contributed by atoms with Gasteiger partial charge in [-0.15, -0.1) is 0 Å². The molecule has 1 aliphatic rings. The average molecular weight is 482 g/mol. The van der Waals surface area contributed by atoms with Gasteiger partial charge < -0.3 is 11.5 Å². The number of aliphatic imine (C=N–C) groups is 1. The second-order valence-electron chi connectivity index (χ2n) is 8.50. The first kappa shape index (κ1) is 22.7. The molecule has 1 aliphatic heterocycles. The summed E-state index contributed by atoms with van der Waals surface area (Å²) in [6, 6.07) is 5.59. The Morgan fingerprint density at radius 3 is 2.47 bits per heavy atom. The van der Waals surface area contributed by atoms with Crippen LogP contribution in [0.25, 0.3) is 22.2 Å². The van der Waals surface area contributed by atoms with Crippen LogP contribution in [0.4, 0.5) is 14.6 Å². The Hall–Kier alpha value is -2.53. The van der Waals surface area contributed by atoms with Crippen LogP contribution in [-0.2, 0) is 5.54 Å². The van der Waals surface area contributed by atoms with Crippen molar-refractivity contribution < 1.29 is 17.9 Å². The molecule has 11 heteroatoms. The Bertz CT molecular complexity index is 1300. The highest BCUT2D eigenvalue weighted by molar-refractivity contribution is 8.26. The van der Waals surface area contributed by atoms with Crippen LogP contribution >= 0.6 is 22.2 Å². The van der Waals surface area contributed by atoms with Gasteiger partial charge >= 0.3 is 0 Å². The molecule has 32 heavy (non-hydrogen) atoms. The fourth-order valence-electron chi connectivity index (χ4n) is 3.72. The molecule has 1 aromatic carbocycles. The number of benzene rings is 1. The molecule has 0 aliphatic carbocycles.